The Labute approximate surface area is 76.9 Å². The van der Waals surface area contributed by atoms with Gasteiger partial charge in [-0.05, 0) is 0 Å². The fourth-order valence-corrected chi connectivity index (χ4v) is 3.05. The van der Waals surface area contributed by atoms with Crippen molar-refractivity contribution in [1.82, 2.24) is 0 Å². The van der Waals surface area contributed by atoms with Gasteiger partial charge >= 0.3 is 76.9 Å². The molecule has 0 amide bonds. The van der Waals surface area contributed by atoms with Gasteiger partial charge in [0.25, 0.3) is 0 Å². The van der Waals surface area contributed by atoms with Gasteiger partial charge in [0.1, 0.15) is 0 Å². The van der Waals surface area contributed by atoms with E-state index in [1.165, 1.54) is 32.1 Å². The number of hydrogen-bond donors (Lipinski definition) is 0. The van der Waals surface area contributed by atoms with Crippen LogP contribution in [-0.4, -0.2) is 12.8 Å². The summed E-state index contributed by atoms with van der Waals surface area (Å²) < 4.78 is 0. The van der Waals surface area contributed by atoms with Crippen molar-refractivity contribution in [2.75, 3.05) is 0 Å². The first-order valence-corrected chi connectivity index (χ1v) is 10.1. The molecule has 0 aliphatic carbocycles. The fourth-order valence-electron chi connectivity index (χ4n) is 0.835. The molecule has 3 heteroatoms. The van der Waals surface area contributed by atoms with Crippen molar-refractivity contribution in [3.63, 3.8) is 0 Å². The summed E-state index contributed by atoms with van der Waals surface area (Å²) in [7, 11) is 11.4. The summed E-state index contributed by atoms with van der Waals surface area (Å²) in [5.41, 5.74) is 0. The third kappa shape index (κ3) is 9.14. The molecular weight excluding hydrogens is 230 g/mol. The molecule has 0 unspecified atom stereocenters. The van der Waals surface area contributed by atoms with Crippen LogP contribution in [0.5, 0.6) is 0 Å². The molecule has 0 heterocycles. The average molecular weight is 245 g/mol. The first-order valence-electron chi connectivity index (χ1n) is 3.86. The fraction of sp³-hybridized carbons (Fsp3) is 1.00. The third-order valence-electron chi connectivity index (χ3n) is 1.43. The van der Waals surface area contributed by atoms with E-state index in [1.54, 1.807) is 0 Å². The van der Waals surface area contributed by atoms with Crippen molar-refractivity contribution < 1.29 is 0 Å². The Morgan fingerprint density at radius 1 is 1.00 bits per heavy atom. The Hall–Kier alpha value is 1.14. The van der Waals surface area contributed by atoms with Crippen LogP contribution in [-0.2, 0) is 0 Å². The molecule has 0 aromatic heterocycles. The van der Waals surface area contributed by atoms with Gasteiger partial charge in [0.2, 0.25) is 0 Å². The van der Waals surface area contributed by atoms with E-state index in [-0.39, 0.29) is 0 Å². The zero-order valence-electron chi connectivity index (χ0n) is 6.45. The number of halogens is 2. The van der Waals surface area contributed by atoms with Crippen LogP contribution in [0.2, 0.25) is 5.21 Å². The number of unbranched alkanes of at least 4 members (excludes halogenated alkanes) is 4. The van der Waals surface area contributed by atoms with E-state index in [1.807, 2.05) is 0 Å². The summed E-state index contributed by atoms with van der Waals surface area (Å²) in [5, 5.41) is 1.10. The molecule has 0 aromatic rings. The van der Waals surface area contributed by atoms with Gasteiger partial charge in [0, 0.05) is 0 Å². The Bertz CT molecular complexity index is 66.6. The number of hydrogen-bond acceptors (Lipinski definition) is 0. The Balaban J connectivity index is 2.77. The van der Waals surface area contributed by atoms with Gasteiger partial charge < -0.3 is 0 Å². The maximum atomic E-state index is 5.70. The van der Waals surface area contributed by atoms with Gasteiger partial charge in [-0.25, -0.2) is 0 Å². The summed E-state index contributed by atoms with van der Waals surface area (Å²) in [6.45, 7) is 2.22. The normalized spacial score (nSPS) is 10.8. The van der Waals surface area contributed by atoms with Gasteiger partial charge in [0.05, 0.1) is 0 Å². The zero-order valence-corrected chi connectivity index (χ0v) is 9.83. The van der Waals surface area contributed by atoms with E-state index < -0.39 is 12.8 Å². The summed E-state index contributed by atoms with van der Waals surface area (Å²) in [6, 6.07) is 0. The molecule has 10 heavy (non-hydrogen) atoms. The zero-order chi connectivity index (χ0) is 7.82. The van der Waals surface area contributed by atoms with Crippen molar-refractivity contribution in [2.24, 2.45) is 0 Å². The molecule has 0 aromatic carbocycles. The van der Waals surface area contributed by atoms with Crippen molar-refractivity contribution in [2.45, 2.75) is 44.2 Å². The number of rotatable bonds is 6. The first kappa shape index (κ1) is 11.1. The monoisotopic (exact) mass is 244 g/mol. The van der Waals surface area contributed by atoms with Crippen LogP contribution in [0.25, 0.3) is 0 Å². The van der Waals surface area contributed by atoms with Crippen LogP contribution >= 0.6 is 19.9 Å². The summed E-state index contributed by atoms with van der Waals surface area (Å²) >= 11 is -1.33. The molecule has 62 valence electrons. The molecule has 0 fully saturated rings. The first-order chi connectivity index (χ1) is 4.77. The van der Waals surface area contributed by atoms with E-state index in [4.69, 9.17) is 19.9 Å². The Kier molecular flexibility index (Phi) is 9.17. The van der Waals surface area contributed by atoms with Crippen molar-refractivity contribution in [3.05, 3.63) is 0 Å². The van der Waals surface area contributed by atoms with Crippen molar-refractivity contribution in [1.29, 1.82) is 0 Å². The third-order valence-corrected chi connectivity index (χ3v) is 4.56. The SMILES string of the molecule is CCCCCCC[As](Cl)Cl. The topological polar surface area (TPSA) is 0 Å². The molecule has 0 saturated carbocycles. The average Bonchev–Trinajstić information content (AvgIpc) is 1.87. The molecule has 0 bridgehead atoms. The maximum absolute atomic E-state index is 5.70. The molecule has 0 saturated heterocycles. The second kappa shape index (κ2) is 8.24. The van der Waals surface area contributed by atoms with Crippen LogP contribution in [0.1, 0.15) is 39.0 Å². The molecule has 0 radical (unpaired) electrons. The van der Waals surface area contributed by atoms with Gasteiger partial charge in [-0.3, -0.25) is 0 Å². The minimum atomic E-state index is -1.33. The molecule has 0 atom stereocenters. The Morgan fingerprint density at radius 3 is 2.10 bits per heavy atom. The van der Waals surface area contributed by atoms with Crippen molar-refractivity contribution in [3.8, 4) is 0 Å². The van der Waals surface area contributed by atoms with Crippen LogP contribution in [0, 0.1) is 0 Å². The molecular formula is C7H15AsCl2. The van der Waals surface area contributed by atoms with Gasteiger partial charge in [-0.1, -0.05) is 0 Å². The van der Waals surface area contributed by atoms with Gasteiger partial charge in [0.15, 0.2) is 0 Å². The molecule has 0 aliphatic rings. The molecule has 0 nitrogen and oxygen atoms in total. The van der Waals surface area contributed by atoms with E-state index in [0.29, 0.717) is 0 Å². The van der Waals surface area contributed by atoms with Crippen LogP contribution in [0.15, 0.2) is 0 Å². The summed E-state index contributed by atoms with van der Waals surface area (Å²) in [6.07, 6.45) is 6.58. The quantitative estimate of drug-likeness (QED) is 0.491. The predicted molar refractivity (Wildman–Crippen MR) is 51.0 cm³/mol. The van der Waals surface area contributed by atoms with Crippen LogP contribution < -0.4 is 0 Å². The summed E-state index contributed by atoms with van der Waals surface area (Å²) in [4.78, 5) is 0. The van der Waals surface area contributed by atoms with Crippen molar-refractivity contribution >= 4 is 32.7 Å². The molecule has 0 aliphatic heterocycles. The predicted octanol–water partition coefficient (Wildman–Crippen LogP) is 3.92. The minimum absolute atomic E-state index is 1.10. The second-order valence-corrected chi connectivity index (χ2v) is 9.79. The molecule has 0 rings (SSSR count). The second-order valence-electron chi connectivity index (χ2n) is 2.44. The van der Waals surface area contributed by atoms with Crippen LogP contribution in [0.3, 0.4) is 0 Å². The van der Waals surface area contributed by atoms with Gasteiger partial charge in [-0.15, -0.1) is 0 Å². The Morgan fingerprint density at radius 2 is 1.60 bits per heavy atom. The van der Waals surface area contributed by atoms with Crippen LogP contribution in [0.4, 0.5) is 0 Å². The van der Waals surface area contributed by atoms with E-state index in [2.05, 4.69) is 6.92 Å². The molecule has 0 spiro atoms. The van der Waals surface area contributed by atoms with Gasteiger partial charge in [-0.2, -0.15) is 0 Å². The van der Waals surface area contributed by atoms with E-state index in [0.717, 1.165) is 5.21 Å². The van der Waals surface area contributed by atoms with E-state index in [9.17, 15) is 0 Å². The standard InChI is InChI=1S/C7H15AsCl2/c1-2-3-4-5-6-7-8(9)10/h2-7H2,1H3. The van der Waals surface area contributed by atoms with E-state index >= 15 is 0 Å². The molecule has 0 N–H and O–H groups in total. The summed E-state index contributed by atoms with van der Waals surface area (Å²) in [5.74, 6) is 0.